The summed E-state index contributed by atoms with van der Waals surface area (Å²) >= 11 is 6.60. The smallest absolute Gasteiger partial charge is 0.270 e. The van der Waals surface area contributed by atoms with Gasteiger partial charge in [-0.05, 0) is 35.9 Å². The van der Waals surface area contributed by atoms with Crippen LogP contribution in [0.3, 0.4) is 0 Å². The molecule has 1 saturated heterocycles. The molecule has 7 nitrogen and oxygen atoms in total. The Morgan fingerprint density at radius 3 is 2.14 bits per heavy atom. The topological polar surface area (TPSA) is 77.5 Å². The Labute approximate surface area is 177 Å². The van der Waals surface area contributed by atoms with Gasteiger partial charge in [0.2, 0.25) is 5.75 Å². The largest absolute Gasteiger partial charge is 0.502 e. The van der Waals surface area contributed by atoms with Gasteiger partial charge in [0.05, 0.1) is 39.0 Å². The van der Waals surface area contributed by atoms with Crippen molar-refractivity contribution in [1.82, 2.24) is 0 Å². The Kier molecular flexibility index (Phi) is 6.19. The lowest BCUT2D eigenvalue weighted by atomic mass is 10.1. The van der Waals surface area contributed by atoms with E-state index in [9.17, 15) is 9.90 Å². The number of amides is 1. The number of rotatable bonds is 6. The molecule has 1 heterocycles. The summed E-state index contributed by atoms with van der Waals surface area (Å²) in [6.07, 6.45) is 1.67. The molecule has 0 spiro atoms. The minimum Gasteiger partial charge on any atom is -0.502 e. The summed E-state index contributed by atoms with van der Waals surface area (Å²) in [6.45, 7) is 0. The zero-order valence-corrected chi connectivity index (χ0v) is 17.8. The molecule has 0 atom stereocenters. The van der Waals surface area contributed by atoms with E-state index >= 15 is 0 Å². The van der Waals surface area contributed by atoms with Crippen molar-refractivity contribution in [2.75, 3.05) is 33.3 Å². The van der Waals surface area contributed by atoms with Gasteiger partial charge in [-0.1, -0.05) is 24.0 Å². The van der Waals surface area contributed by atoms with Crippen LogP contribution in [0.15, 0.2) is 35.2 Å². The number of phenolic OH excluding ortho intramolecular Hbond substituents is 1. The van der Waals surface area contributed by atoms with Crippen LogP contribution in [0.2, 0.25) is 0 Å². The Bertz CT molecular complexity index is 979. The molecular weight excluding hydrogens is 414 g/mol. The van der Waals surface area contributed by atoms with Crippen molar-refractivity contribution in [3.63, 3.8) is 0 Å². The molecule has 0 unspecified atom stereocenters. The first-order valence-electron chi connectivity index (χ1n) is 8.38. The van der Waals surface area contributed by atoms with Crippen LogP contribution < -0.4 is 23.8 Å². The standard InChI is InChI=1S/C20H19NO6S2/c1-24-12-5-6-13(14(10-12)25-2)21-19(23)17(29-20(21)28)9-11-7-15(26-3)18(22)16(8-11)27-4/h5-10,22H,1-4H3. The Hall–Kier alpha value is -2.91. The summed E-state index contributed by atoms with van der Waals surface area (Å²) < 4.78 is 21.3. The van der Waals surface area contributed by atoms with Crippen molar-refractivity contribution in [1.29, 1.82) is 0 Å². The summed E-state index contributed by atoms with van der Waals surface area (Å²) in [5, 5.41) is 10.1. The normalized spacial score (nSPS) is 15.0. The molecule has 3 rings (SSSR count). The van der Waals surface area contributed by atoms with Crippen molar-refractivity contribution in [3.05, 3.63) is 40.8 Å². The fraction of sp³-hybridized carbons (Fsp3) is 0.200. The van der Waals surface area contributed by atoms with E-state index in [0.29, 0.717) is 32.0 Å². The zero-order valence-electron chi connectivity index (χ0n) is 16.2. The van der Waals surface area contributed by atoms with Crippen LogP contribution in [0.25, 0.3) is 6.08 Å². The number of methoxy groups -OCH3 is 4. The average Bonchev–Trinajstić information content (AvgIpc) is 3.01. The third kappa shape index (κ3) is 3.96. The number of aromatic hydroxyl groups is 1. The van der Waals surface area contributed by atoms with Gasteiger partial charge in [-0.2, -0.15) is 0 Å². The molecule has 1 aliphatic heterocycles. The summed E-state index contributed by atoms with van der Waals surface area (Å²) in [7, 11) is 5.94. The minimum absolute atomic E-state index is 0.109. The summed E-state index contributed by atoms with van der Waals surface area (Å²) in [4.78, 5) is 14.9. The first kappa shape index (κ1) is 20.8. The number of ether oxygens (including phenoxy) is 4. The van der Waals surface area contributed by atoms with Crippen LogP contribution >= 0.6 is 24.0 Å². The number of benzene rings is 2. The predicted molar refractivity (Wildman–Crippen MR) is 116 cm³/mol. The van der Waals surface area contributed by atoms with Gasteiger partial charge in [0.15, 0.2) is 15.8 Å². The molecule has 0 saturated carbocycles. The molecule has 9 heteroatoms. The summed E-state index contributed by atoms with van der Waals surface area (Å²) in [5.41, 5.74) is 1.15. The van der Waals surface area contributed by atoms with Crippen molar-refractivity contribution in [2.24, 2.45) is 0 Å². The number of carbonyl (C=O) groups is 1. The number of nitrogens with zero attached hydrogens (tertiary/aromatic N) is 1. The van der Waals surface area contributed by atoms with Crippen LogP contribution in [0.4, 0.5) is 5.69 Å². The van der Waals surface area contributed by atoms with Crippen LogP contribution in [0.1, 0.15) is 5.56 Å². The van der Waals surface area contributed by atoms with E-state index in [1.807, 2.05) is 0 Å². The number of carbonyl (C=O) groups excluding carboxylic acids is 1. The van der Waals surface area contributed by atoms with E-state index < -0.39 is 0 Å². The Balaban J connectivity index is 2.00. The van der Waals surface area contributed by atoms with Crippen LogP contribution in [-0.4, -0.2) is 43.8 Å². The van der Waals surface area contributed by atoms with E-state index in [0.717, 1.165) is 0 Å². The molecule has 29 heavy (non-hydrogen) atoms. The molecule has 0 bridgehead atoms. The highest BCUT2D eigenvalue weighted by molar-refractivity contribution is 8.27. The lowest BCUT2D eigenvalue weighted by Gasteiger charge is -2.18. The van der Waals surface area contributed by atoms with Gasteiger partial charge in [-0.25, -0.2) is 0 Å². The Morgan fingerprint density at radius 2 is 1.59 bits per heavy atom. The number of hydrogen-bond donors (Lipinski definition) is 1. The fourth-order valence-corrected chi connectivity index (χ4v) is 4.08. The molecule has 1 N–H and O–H groups in total. The highest BCUT2D eigenvalue weighted by atomic mass is 32.2. The third-order valence-corrected chi connectivity index (χ3v) is 5.52. The van der Waals surface area contributed by atoms with E-state index in [-0.39, 0.29) is 23.2 Å². The number of thioether (sulfide) groups is 1. The molecule has 2 aromatic carbocycles. The second-order valence-electron chi connectivity index (χ2n) is 5.83. The SMILES string of the molecule is COc1ccc(N2C(=O)C(=Cc3cc(OC)c(O)c(OC)c3)SC2=S)c(OC)c1. The van der Waals surface area contributed by atoms with E-state index in [1.165, 1.54) is 38.0 Å². The molecule has 1 aliphatic rings. The quantitative estimate of drug-likeness (QED) is 0.544. The van der Waals surface area contributed by atoms with Crippen LogP contribution in [0.5, 0.6) is 28.7 Å². The highest BCUT2D eigenvalue weighted by Gasteiger charge is 2.35. The zero-order chi connectivity index (χ0) is 21.1. The fourth-order valence-electron chi connectivity index (χ4n) is 2.79. The van der Waals surface area contributed by atoms with Gasteiger partial charge in [0.25, 0.3) is 5.91 Å². The second kappa shape index (κ2) is 8.62. The van der Waals surface area contributed by atoms with Crippen LogP contribution in [-0.2, 0) is 4.79 Å². The molecule has 2 aromatic rings. The number of hydrogen-bond acceptors (Lipinski definition) is 8. The van der Waals surface area contributed by atoms with E-state index in [2.05, 4.69) is 0 Å². The van der Waals surface area contributed by atoms with Crippen molar-refractivity contribution < 1.29 is 28.8 Å². The van der Waals surface area contributed by atoms with Crippen molar-refractivity contribution >= 4 is 46.0 Å². The van der Waals surface area contributed by atoms with Gasteiger partial charge in [-0.3, -0.25) is 9.69 Å². The lowest BCUT2D eigenvalue weighted by Crippen LogP contribution is -2.27. The van der Waals surface area contributed by atoms with Crippen LogP contribution in [0, 0.1) is 0 Å². The predicted octanol–water partition coefficient (Wildman–Crippen LogP) is 3.83. The van der Waals surface area contributed by atoms with Gasteiger partial charge in [0.1, 0.15) is 11.5 Å². The minimum atomic E-state index is -0.283. The number of thiocarbonyl (C=S) groups is 1. The molecule has 1 fully saturated rings. The molecule has 152 valence electrons. The molecule has 0 radical (unpaired) electrons. The lowest BCUT2D eigenvalue weighted by molar-refractivity contribution is -0.113. The van der Waals surface area contributed by atoms with E-state index in [1.54, 1.807) is 43.5 Å². The summed E-state index contributed by atoms with van der Waals surface area (Å²) in [5.74, 6) is 1.16. The van der Waals surface area contributed by atoms with Gasteiger partial charge < -0.3 is 24.1 Å². The Morgan fingerprint density at radius 1 is 0.966 bits per heavy atom. The van der Waals surface area contributed by atoms with Gasteiger partial charge in [-0.15, -0.1) is 0 Å². The molecule has 0 aliphatic carbocycles. The number of phenols is 1. The summed E-state index contributed by atoms with van der Waals surface area (Å²) in [6, 6.07) is 8.36. The maximum absolute atomic E-state index is 13.1. The maximum Gasteiger partial charge on any atom is 0.270 e. The monoisotopic (exact) mass is 433 g/mol. The van der Waals surface area contributed by atoms with Gasteiger partial charge >= 0.3 is 0 Å². The third-order valence-electron chi connectivity index (χ3n) is 4.22. The number of anilines is 1. The van der Waals surface area contributed by atoms with Crippen molar-refractivity contribution in [2.45, 2.75) is 0 Å². The average molecular weight is 434 g/mol. The van der Waals surface area contributed by atoms with Gasteiger partial charge in [0, 0.05) is 6.07 Å². The second-order valence-corrected chi connectivity index (χ2v) is 7.50. The first-order valence-corrected chi connectivity index (χ1v) is 9.61. The van der Waals surface area contributed by atoms with E-state index in [4.69, 9.17) is 31.2 Å². The molecular formula is C20H19NO6S2. The maximum atomic E-state index is 13.1. The molecule has 1 amide bonds. The first-order chi connectivity index (χ1) is 13.9. The highest BCUT2D eigenvalue weighted by Crippen LogP contribution is 2.42. The molecule has 0 aromatic heterocycles. The van der Waals surface area contributed by atoms with Crippen molar-refractivity contribution in [3.8, 4) is 28.7 Å².